The largest absolute Gasteiger partial charge is 0.346 e. The van der Waals surface area contributed by atoms with E-state index in [9.17, 15) is 0 Å². The second kappa shape index (κ2) is 6.19. The molecule has 0 unspecified atom stereocenters. The fourth-order valence-corrected chi connectivity index (χ4v) is 3.04. The molecule has 20 heavy (non-hydrogen) atoms. The summed E-state index contributed by atoms with van der Waals surface area (Å²) >= 11 is 8.90. The van der Waals surface area contributed by atoms with Gasteiger partial charge < -0.3 is 4.98 Å². The molecule has 0 spiro atoms. The third-order valence-electron chi connectivity index (χ3n) is 3.16. The molecule has 0 saturated heterocycles. The van der Waals surface area contributed by atoms with E-state index in [1.54, 1.807) is 0 Å². The number of nitrogens with one attached hydrogen (secondary N) is 1. The molecule has 4 heteroatoms. The molecule has 1 N–H and O–H groups in total. The van der Waals surface area contributed by atoms with Crippen molar-refractivity contribution in [3.63, 3.8) is 0 Å². The lowest BCUT2D eigenvalue weighted by Gasteiger charge is -2.21. The maximum atomic E-state index is 5.35. The van der Waals surface area contributed by atoms with Gasteiger partial charge in [-0.2, -0.15) is 0 Å². The van der Waals surface area contributed by atoms with Gasteiger partial charge in [0.2, 0.25) is 0 Å². The van der Waals surface area contributed by atoms with Gasteiger partial charge in [-0.1, -0.05) is 63.3 Å². The highest BCUT2D eigenvalue weighted by Gasteiger charge is 2.19. The molecule has 0 saturated carbocycles. The topological polar surface area (TPSA) is 28.7 Å². The Morgan fingerprint density at radius 2 is 1.80 bits per heavy atom. The van der Waals surface area contributed by atoms with Crippen molar-refractivity contribution in [1.82, 2.24) is 9.97 Å². The van der Waals surface area contributed by atoms with Gasteiger partial charge in [0.05, 0.1) is 4.47 Å². The highest BCUT2D eigenvalue weighted by atomic mass is 79.9. The Hall–Kier alpha value is -1.00. The second-order valence-electron chi connectivity index (χ2n) is 5.91. The first-order valence-corrected chi connectivity index (χ1v) is 7.91. The van der Waals surface area contributed by atoms with E-state index in [1.165, 1.54) is 5.56 Å². The van der Waals surface area contributed by atoms with E-state index < -0.39 is 0 Å². The Morgan fingerprint density at radius 3 is 2.40 bits per heavy atom. The van der Waals surface area contributed by atoms with E-state index in [2.05, 4.69) is 70.9 Å². The number of aryl methyl sites for hydroxylation is 2. The zero-order valence-electron chi connectivity index (χ0n) is 12.0. The van der Waals surface area contributed by atoms with Gasteiger partial charge in [0.25, 0.3) is 0 Å². The van der Waals surface area contributed by atoms with Gasteiger partial charge in [-0.15, -0.1) is 0 Å². The molecule has 106 valence electrons. The molecular weight excluding hydrogens is 332 g/mol. The lowest BCUT2D eigenvalue weighted by atomic mass is 9.92. The summed E-state index contributed by atoms with van der Waals surface area (Å²) in [6, 6.07) is 10.4. The summed E-state index contributed by atoms with van der Waals surface area (Å²) in [7, 11) is 0. The Balaban J connectivity index is 2.25. The number of hydrogen-bond donors (Lipinski definition) is 1. The maximum Gasteiger partial charge on any atom is 0.144 e. The van der Waals surface area contributed by atoms with Gasteiger partial charge in [-0.3, -0.25) is 0 Å². The van der Waals surface area contributed by atoms with E-state index in [0.717, 1.165) is 28.8 Å². The molecule has 2 rings (SSSR count). The number of benzene rings is 1. The molecule has 0 atom stereocenters. The summed E-state index contributed by atoms with van der Waals surface area (Å²) in [5.41, 5.74) is 2.44. The van der Waals surface area contributed by atoms with Crippen molar-refractivity contribution in [3.8, 4) is 0 Å². The first-order valence-electron chi connectivity index (χ1n) is 6.71. The average molecular weight is 351 g/mol. The third-order valence-corrected chi connectivity index (χ3v) is 4.49. The first-order chi connectivity index (χ1) is 9.38. The third kappa shape index (κ3) is 3.76. The summed E-state index contributed by atoms with van der Waals surface area (Å²) in [6.45, 7) is 6.50. The fourth-order valence-electron chi connectivity index (χ4n) is 2.05. The predicted octanol–water partition coefficient (Wildman–Crippen LogP) is 4.98. The van der Waals surface area contributed by atoms with Gasteiger partial charge >= 0.3 is 0 Å². The monoisotopic (exact) mass is 350 g/mol. The molecule has 2 aromatic rings. The quantitative estimate of drug-likeness (QED) is 0.790. The van der Waals surface area contributed by atoms with Crippen LogP contribution in [0.2, 0.25) is 0 Å². The molecule has 0 aliphatic rings. The first kappa shape index (κ1) is 15.4. The average Bonchev–Trinajstić information content (AvgIpc) is 2.40. The SMILES string of the molecule is CC(C)(C)c1[nH]c(CCc2ccccc2)nc(=S)c1Br. The normalized spacial score (nSPS) is 11.6. The minimum absolute atomic E-state index is 0.0107. The van der Waals surface area contributed by atoms with Crippen molar-refractivity contribution >= 4 is 28.1 Å². The van der Waals surface area contributed by atoms with Crippen molar-refractivity contribution in [2.24, 2.45) is 0 Å². The van der Waals surface area contributed by atoms with Crippen LogP contribution in [-0.2, 0) is 18.3 Å². The van der Waals surface area contributed by atoms with Crippen LogP contribution in [0.15, 0.2) is 34.8 Å². The molecule has 0 bridgehead atoms. The number of aromatic amines is 1. The van der Waals surface area contributed by atoms with Crippen molar-refractivity contribution in [2.45, 2.75) is 39.0 Å². The van der Waals surface area contributed by atoms with Crippen molar-refractivity contribution in [1.29, 1.82) is 0 Å². The Labute approximate surface area is 133 Å². The maximum absolute atomic E-state index is 5.35. The van der Waals surface area contributed by atoms with Crippen molar-refractivity contribution in [3.05, 3.63) is 56.5 Å². The number of H-pyrrole nitrogens is 1. The molecule has 0 amide bonds. The van der Waals surface area contributed by atoms with Crippen molar-refractivity contribution < 1.29 is 0 Å². The summed E-state index contributed by atoms with van der Waals surface area (Å²) in [6.07, 6.45) is 1.83. The summed E-state index contributed by atoms with van der Waals surface area (Å²) in [5, 5.41) is 0. The Morgan fingerprint density at radius 1 is 1.15 bits per heavy atom. The van der Waals surface area contributed by atoms with E-state index in [-0.39, 0.29) is 5.41 Å². The van der Waals surface area contributed by atoms with Crippen LogP contribution in [0.3, 0.4) is 0 Å². The zero-order valence-corrected chi connectivity index (χ0v) is 14.4. The molecule has 0 fully saturated rings. The number of rotatable bonds is 3. The zero-order chi connectivity index (χ0) is 14.8. The van der Waals surface area contributed by atoms with Crippen molar-refractivity contribution in [2.75, 3.05) is 0 Å². The van der Waals surface area contributed by atoms with Crippen LogP contribution in [0.5, 0.6) is 0 Å². The minimum atomic E-state index is 0.0107. The molecular formula is C16H19BrN2S. The molecule has 1 aromatic carbocycles. The van der Waals surface area contributed by atoms with Gasteiger partial charge in [-0.25, -0.2) is 4.98 Å². The van der Waals surface area contributed by atoms with Crippen LogP contribution in [0.1, 0.15) is 37.9 Å². The number of halogens is 1. The van der Waals surface area contributed by atoms with Crippen LogP contribution < -0.4 is 0 Å². The number of nitrogens with zero attached hydrogens (tertiary/aromatic N) is 1. The highest BCUT2D eigenvalue weighted by Crippen LogP contribution is 2.28. The smallest absolute Gasteiger partial charge is 0.144 e. The van der Waals surface area contributed by atoms with Crippen LogP contribution in [-0.4, -0.2) is 9.97 Å². The van der Waals surface area contributed by atoms with Gasteiger partial charge in [-0.05, 0) is 27.9 Å². The van der Waals surface area contributed by atoms with E-state index >= 15 is 0 Å². The summed E-state index contributed by atoms with van der Waals surface area (Å²) in [4.78, 5) is 7.91. The van der Waals surface area contributed by atoms with Gasteiger partial charge in [0.1, 0.15) is 10.5 Å². The van der Waals surface area contributed by atoms with Crippen LogP contribution >= 0.6 is 28.1 Å². The van der Waals surface area contributed by atoms with Gasteiger partial charge in [0.15, 0.2) is 0 Å². The Kier molecular flexibility index (Phi) is 4.76. The fraction of sp³-hybridized carbons (Fsp3) is 0.375. The lowest BCUT2D eigenvalue weighted by molar-refractivity contribution is 0.556. The van der Waals surface area contributed by atoms with Crippen LogP contribution in [0.25, 0.3) is 0 Å². The lowest BCUT2D eigenvalue weighted by Crippen LogP contribution is -2.17. The molecule has 2 nitrogen and oxygen atoms in total. The summed E-state index contributed by atoms with van der Waals surface area (Å²) in [5.74, 6) is 0.951. The summed E-state index contributed by atoms with van der Waals surface area (Å²) < 4.78 is 1.54. The van der Waals surface area contributed by atoms with E-state index in [4.69, 9.17) is 12.2 Å². The van der Waals surface area contributed by atoms with E-state index in [1.807, 2.05) is 6.07 Å². The molecule has 1 heterocycles. The van der Waals surface area contributed by atoms with Gasteiger partial charge in [0, 0.05) is 17.5 Å². The van der Waals surface area contributed by atoms with Crippen LogP contribution in [0, 0.1) is 4.64 Å². The molecule has 0 aliphatic carbocycles. The van der Waals surface area contributed by atoms with E-state index in [0.29, 0.717) is 4.64 Å². The highest BCUT2D eigenvalue weighted by molar-refractivity contribution is 9.10. The number of hydrogen-bond acceptors (Lipinski definition) is 2. The standard InChI is InChI=1S/C16H19BrN2S/c1-16(2,3)14-13(17)15(20)19-12(18-14)10-9-11-7-5-4-6-8-11/h4-8H,9-10H2,1-3H3,(H,18,19,20). The Bertz CT molecular complexity index is 642. The molecule has 0 aliphatic heterocycles. The minimum Gasteiger partial charge on any atom is -0.346 e. The predicted molar refractivity (Wildman–Crippen MR) is 89.7 cm³/mol. The second-order valence-corrected chi connectivity index (χ2v) is 7.09. The molecule has 1 aromatic heterocycles. The van der Waals surface area contributed by atoms with Crippen LogP contribution in [0.4, 0.5) is 0 Å². The molecule has 0 radical (unpaired) electrons. The number of aromatic nitrogens is 2.